The molecule has 7 nitrogen and oxygen atoms in total. The maximum absolute atomic E-state index is 13.0. The van der Waals surface area contributed by atoms with Gasteiger partial charge in [0.05, 0.1) is 22.9 Å². The number of benzene rings is 1. The number of aromatic amines is 1. The highest BCUT2D eigenvalue weighted by atomic mass is 35.5. The van der Waals surface area contributed by atoms with Crippen molar-refractivity contribution >= 4 is 29.1 Å². The number of nitrogens with one attached hydrogen (secondary N) is 2. The third-order valence-corrected chi connectivity index (χ3v) is 6.04. The first-order valence-electron chi connectivity index (χ1n) is 10.1. The average molecular weight is 416 g/mol. The molecule has 1 aromatic heterocycles. The zero-order valence-electron chi connectivity index (χ0n) is 16.6. The Hall–Kier alpha value is -2.38. The predicted molar refractivity (Wildman–Crippen MR) is 112 cm³/mol. The number of amides is 2. The summed E-state index contributed by atoms with van der Waals surface area (Å²) in [6.45, 7) is 4.96. The van der Waals surface area contributed by atoms with Gasteiger partial charge in [0.1, 0.15) is 5.82 Å². The Kier molecular flexibility index (Phi) is 5.87. The maximum atomic E-state index is 13.0. The molecule has 8 heteroatoms. The molecular formula is C21H26ClN5O2. The van der Waals surface area contributed by atoms with Crippen LogP contribution in [0.25, 0.3) is 0 Å². The van der Waals surface area contributed by atoms with Crippen LogP contribution in [0.1, 0.15) is 23.6 Å². The van der Waals surface area contributed by atoms with E-state index in [0.29, 0.717) is 43.4 Å². The van der Waals surface area contributed by atoms with Crippen LogP contribution in [0, 0.1) is 12.8 Å². The van der Waals surface area contributed by atoms with Crippen LogP contribution in [0.3, 0.4) is 0 Å². The van der Waals surface area contributed by atoms with Crippen LogP contribution >= 0.6 is 11.6 Å². The number of fused-ring (bicyclic) bond motifs is 1. The molecule has 1 aromatic carbocycles. The average Bonchev–Trinajstić information content (AvgIpc) is 3.09. The fourth-order valence-electron chi connectivity index (χ4n) is 4.17. The number of hydrogen-bond acceptors (Lipinski definition) is 4. The number of hydrogen-bond donors (Lipinski definition) is 2. The number of anilines is 1. The largest absolute Gasteiger partial charge is 0.346 e. The summed E-state index contributed by atoms with van der Waals surface area (Å²) in [6.07, 6.45) is 2.46. The van der Waals surface area contributed by atoms with Gasteiger partial charge in [0.2, 0.25) is 11.8 Å². The number of nitrogens with zero attached hydrogens (tertiary/aromatic N) is 3. The molecule has 2 aromatic rings. The van der Waals surface area contributed by atoms with E-state index in [-0.39, 0.29) is 17.7 Å². The number of rotatable bonds is 4. The lowest BCUT2D eigenvalue weighted by molar-refractivity contribution is -0.137. The van der Waals surface area contributed by atoms with Crippen molar-refractivity contribution < 1.29 is 9.59 Å². The van der Waals surface area contributed by atoms with Gasteiger partial charge in [0.25, 0.3) is 0 Å². The van der Waals surface area contributed by atoms with Gasteiger partial charge in [-0.2, -0.15) is 0 Å². The molecule has 1 fully saturated rings. The second kappa shape index (κ2) is 8.55. The first kappa shape index (κ1) is 19.9. The predicted octanol–water partition coefficient (Wildman–Crippen LogP) is 2.26. The maximum Gasteiger partial charge on any atom is 0.238 e. The van der Waals surface area contributed by atoms with Gasteiger partial charge in [0.15, 0.2) is 0 Å². The van der Waals surface area contributed by atoms with Crippen LogP contribution in [0.5, 0.6) is 0 Å². The van der Waals surface area contributed by atoms with Crippen LogP contribution < -0.4 is 5.32 Å². The van der Waals surface area contributed by atoms with Crippen LogP contribution in [-0.2, 0) is 22.4 Å². The minimum atomic E-state index is -0.0905. The monoisotopic (exact) mass is 415 g/mol. The number of carbonyl (C=O) groups is 2. The number of imidazole rings is 1. The Labute approximate surface area is 175 Å². The van der Waals surface area contributed by atoms with E-state index in [9.17, 15) is 9.59 Å². The minimum absolute atomic E-state index is 0.0254. The summed E-state index contributed by atoms with van der Waals surface area (Å²) in [5.74, 6) is 1.08. The van der Waals surface area contributed by atoms with E-state index in [4.69, 9.17) is 11.6 Å². The van der Waals surface area contributed by atoms with Crippen molar-refractivity contribution in [2.75, 3.05) is 38.0 Å². The lowest BCUT2D eigenvalue weighted by Crippen LogP contribution is -2.52. The van der Waals surface area contributed by atoms with Crippen LogP contribution in [-0.4, -0.2) is 64.3 Å². The third kappa shape index (κ3) is 4.62. The molecule has 0 unspecified atom stereocenters. The van der Waals surface area contributed by atoms with Gasteiger partial charge in [-0.15, -0.1) is 0 Å². The molecule has 29 heavy (non-hydrogen) atoms. The van der Waals surface area contributed by atoms with Crippen LogP contribution in [0.4, 0.5) is 5.69 Å². The summed E-state index contributed by atoms with van der Waals surface area (Å²) < 4.78 is 0. The molecule has 2 N–H and O–H groups in total. The Morgan fingerprint density at radius 1 is 1.24 bits per heavy atom. The molecular weight excluding hydrogens is 390 g/mol. The second-order valence-corrected chi connectivity index (χ2v) is 8.22. The number of halogens is 1. The summed E-state index contributed by atoms with van der Waals surface area (Å²) >= 11 is 6.09. The smallest absolute Gasteiger partial charge is 0.238 e. The van der Waals surface area contributed by atoms with E-state index < -0.39 is 0 Å². The number of aromatic nitrogens is 2. The Bertz CT molecular complexity index is 904. The normalized spacial score (nSPS) is 19.7. The molecule has 0 spiro atoms. The summed E-state index contributed by atoms with van der Waals surface area (Å²) in [5, 5.41) is 3.38. The molecule has 4 rings (SSSR count). The van der Waals surface area contributed by atoms with E-state index in [1.54, 1.807) is 12.1 Å². The van der Waals surface area contributed by atoms with Gasteiger partial charge in [0, 0.05) is 44.2 Å². The number of aryl methyl sites for hydroxylation is 2. The van der Waals surface area contributed by atoms with Crippen molar-refractivity contribution in [3.8, 4) is 0 Å². The number of H-pyrrole nitrogens is 1. The first-order valence-corrected chi connectivity index (χ1v) is 10.5. The lowest BCUT2D eigenvalue weighted by atomic mass is 9.88. The number of para-hydroxylation sites is 1. The van der Waals surface area contributed by atoms with Gasteiger partial charge >= 0.3 is 0 Å². The topological polar surface area (TPSA) is 81.3 Å². The van der Waals surface area contributed by atoms with Crippen molar-refractivity contribution in [1.29, 1.82) is 0 Å². The van der Waals surface area contributed by atoms with Crippen molar-refractivity contribution in [3.05, 3.63) is 46.5 Å². The summed E-state index contributed by atoms with van der Waals surface area (Å²) in [7, 11) is 0. The standard InChI is InChI=1S/C21H26ClN5O2/c1-14-23-18-7-6-15(12-19(18)24-14)21(29)27-10-8-26(9-11-27)13-20(28)25-17-5-3-2-4-16(17)22/h2-5,15H,6-13H2,1H3,(H,23,24)(H,25,28)/t15-/m0/s1. The van der Waals surface area contributed by atoms with Crippen molar-refractivity contribution in [1.82, 2.24) is 19.8 Å². The molecule has 0 saturated carbocycles. The van der Waals surface area contributed by atoms with Gasteiger partial charge in [-0.05, 0) is 31.9 Å². The van der Waals surface area contributed by atoms with Gasteiger partial charge in [-0.1, -0.05) is 23.7 Å². The minimum Gasteiger partial charge on any atom is -0.346 e. The SMILES string of the molecule is Cc1nc2c([nH]1)C[C@@H](C(=O)N1CCN(CC(=O)Nc3ccccc3Cl)CC1)CC2. The van der Waals surface area contributed by atoms with Crippen LogP contribution in [0.15, 0.2) is 24.3 Å². The Morgan fingerprint density at radius 3 is 2.76 bits per heavy atom. The molecule has 1 aliphatic carbocycles. The van der Waals surface area contributed by atoms with E-state index in [1.807, 2.05) is 24.0 Å². The highest BCUT2D eigenvalue weighted by Gasteiger charge is 2.31. The zero-order valence-corrected chi connectivity index (χ0v) is 17.3. The molecule has 2 amide bonds. The van der Waals surface area contributed by atoms with Crippen molar-refractivity contribution in [3.63, 3.8) is 0 Å². The van der Waals surface area contributed by atoms with Crippen molar-refractivity contribution in [2.24, 2.45) is 5.92 Å². The number of carbonyl (C=O) groups excluding carboxylic acids is 2. The molecule has 2 aliphatic rings. The quantitative estimate of drug-likeness (QED) is 0.802. The van der Waals surface area contributed by atoms with E-state index in [2.05, 4.69) is 20.2 Å². The third-order valence-electron chi connectivity index (χ3n) is 5.71. The highest BCUT2D eigenvalue weighted by Crippen LogP contribution is 2.26. The van der Waals surface area contributed by atoms with Gasteiger partial charge in [-0.25, -0.2) is 4.98 Å². The molecule has 1 aliphatic heterocycles. The summed E-state index contributed by atoms with van der Waals surface area (Å²) in [6, 6.07) is 7.20. The molecule has 1 atom stereocenters. The molecule has 1 saturated heterocycles. The summed E-state index contributed by atoms with van der Waals surface area (Å²) in [4.78, 5) is 37.1. The first-order chi connectivity index (χ1) is 14.0. The molecule has 0 bridgehead atoms. The van der Waals surface area contributed by atoms with Gasteiger partial charge in [-0.3, -0.25) is 14.5 Å². The summed E-state index contributed by atoms with van der Waals surface area (Å²) in [5.41, 5.74) is 2.85. The second-order valence-electron chi connectivity index (χ2n) is 7.82. The number of piperazine rings is 1. The van der Waals surface area contributed by atoms with Crippen LogP contribution in [0.2, 0.25) is 5.02 Å². The fourth-order valence-corrected chi connectivity index (χ4v) is 4.36. The molecule has 0 radical (unpaired) electrons. The van der Waals surface area contributed by atoms with Crippen molar-refractivity contribution in [2.45, 2.75) is 26.2 Å². The Morgan fingerprint density at radius 2 is 2.00 bits per heavy atom. The van der Waals surface area contributed by atoms with E-state index >= 15 is 0 Å². The molecule has 2 heterocycles. The lowest BCUT2D eigenvalue weighted by Gasteiger charge is -2.36. The van der Waals surface area contributed by atoms with Gasteiger partial charge < -0.3 is 15.2 Å². The fraction of sp³-hybridized carbons (Fsp3) is 0.476. The van der Waals surface area contributed by atoms with E-state index in [1.165, 1.54) is 0 Å². The zero-order chi connectivity index (χ0) is 20.4. The van der Waals surface area contributed by atoms with E-state index in [0.717, 1.165) is 36.5 Å². The highest BCUT2D eigenvalue weighted by molar-refractivity contribution is 6.33. The molecule has 154 valence electrons. The Balaban J connectivity index is 1.25.